The molecule has 3 heterocycles. The van der Waals surface area contributed by atoms with Crippen molar-refractivity contribution in [3.63, 3.8) is 0 Å². The number of aryl methyl sites for hydroxylation is 1. The first kappa shape index (κ1) is 20.5. The van der Waals surface area contributed by atoms with E-state index in [1.807, 2.05) is 6.07 Å². The van der Waals surface area contributed by atoms with Crippen molar-refractivity contribution in [3.8, 4) is 6.07 Å². The number of nitriles is 1. The second-order valence-electron chi connectivity index (χ2n) is 9.91. The van der Waals surface area contributed by atoms with Gasteiger partial charge in [0.05, 0.1) is 39.2 Å². The molecule has 2 aromatic rings. The third-order valence-corrected chi connectivity index (χ3v) is 9.43. The number of pyridine rings is 1. The Morgan fingerprint density at radius 3 is 2.75 bits per heavy atom. The van der Waals surface area contributed by atoms with Crippen molar-refractivity contribution < 1.29 is 9.32 Å². The van der Waals surface area contributed by atoms with Crippen molar-refractivity contribution in [3.05, 3.63) is 45.6 Å². The third-order valence-electron chi connectivity index (χ3n) is 7.72. The fraction of sp³-hybridized carbons (Fsp3) is 0.500. The summed E-state index contributed by atoms with van der Waals surface area (Å²) in [5, 5.41) is 24.4. The zero-order valence-electron chi connectivity index (χ0n) is 17.8. The van der Waals surface area contributed by atoms with Gasteiger partial charge in [0, 0.05) is 35.7 Å². The molecule has 6 nitrogen and oxygen atoms in total. The number of nitrogens with one attached hydrogen (secondary N) is 1. The highest BCUT2D eigenvalue weighted by Gasteiger charge is 2.49. The van der Waals surface area contributed by atoms with Gasteiger partial charge in [0.15, 0.2) is 0 Å². The van der Waals surface area contributed by atoms with Crippen LogP contribution < -0.4 is 10.2 Å². The summed E-state index contributed by atoms with van der Waals surface area (Å²) in [6, 6.07) is 8.53. The lowest BCUT2D eigenvalue weighted by Crippen LogP contribution is -2.57. The molecule has 1 saturated heterocycles. The fourth-order valence-electron chi connectivity index (χ4n) is 5.89. The Bertz CT molecular complexity index is 1190. The molecule has 2 fully saturated rings. The number of hydrogen-bond donors (Lipinski definition) is 2. The molecule has 6 rings (SSSR count). The lowest BCUT2D eigenvalue weighted by atomic mass is 9.76. The minimum absolute atomic E-state index is 0.00454. The highest BCUT2D eigenvalue weighted by Crippen LogP contribution is 2.48. The maximum atomic E-state index is 12.8. The normalized spacial score (nSPS) is 23.8. The molecule has 1 saturated carbocycles. The molecule has 166 valence electrons. The summed E-state index contributed by atoms with van der Waals surface area (Å²) in [5.41, 5.74) is 4.36. The third kappa shape index (κ3) is 3.00. The molecule has 1 spiro atoms. The van der Waals surface area contributed by atoms with Gasteiger partial charge in [-0.05, 0) is 55.4 Å². The maximum Gasteiger partial charge on any atom is 0.149 e. The Balaban J connectivity index is 1.34. The van der Waals surface area contributed by atoms with Crippen LogP contribution >= 0.6 is 11.6 Å². The molecule has 0 unspecified atom stereocenters. The molecule has 1 aromatic carbocycles. The van der Waals surface area contributed by atoms with E-state index in [0.717, 1.165) is 55.9 Å². The van der Waals surface area contributed by atoms with Crippen molar-refractivity contribution in [2.75, 3.05) is 35.7 Å². The Kier molecular flexibility index (Phi) is 4.59. The number of aliphatic hydroxyl groups excluding tert-OH is 1. The van der Waals surface area contributed by atoms with Crippen LogP contribution in [0.5, 0.6) is 0 Å². The van der Waals surface area contributed by atoms with Crippen LogP contribution in [0.25, 0.3) is 0 Å². The predicted octanol–water partition coefficient (Wildman–Crippen LogP) is 3.20. The molecule has 0 amide bonds. The van der Waals surface area contributed by atoms with Crippen LogP contribution in [0, 0.1) is 16.7 Å². The van der Waals surface area contributed by atoms with Gasteiger partial charge >= 0.3 is 0 Å². The van der Waals surface area contributed by atoms with Gasteiger partial charge in [0.2, 0.25) is 0 Å². The van der Waals surface area contributed by atoms with Crippen molar-refractivity contribution in [2.45, 2.75) is 49.0 Å². The van der Waals surface area contributed by atoms with Crippen LogP contribution in [0.4, 0.5) is 11.5 Å². The molecule has 0 bridgehead atoms. The number of anilines is 2. The van der Waals surface area contributed by atoms with E-state index in [4.69, 9.17) is 16.6 Å². The Morgan fingerprint density at radius 2 is 2.06 bits per heavy atom. The van der Waals surface area contributed by atoms with E-state index >= 15 is 0 Å². The highest BCUT2D eigenvalue weighted by atomic mass is 35.5. The quantitative estimate of drug-likeness (QED) is 0.716. The van der Waals surface area contributed by atoms with Gasteiger partial charge < -0.3 is 15.3 Å². The maximum absolute atomic E-state index is 12.8. The number of aromatic nitrogens is 1. The first-order chi connectivity index (χ1) is 15.4. The molecule has 1 atom stereocenters. The summed E-state index contributed by atoms with van der Waals surface area (Å²) < 4.78 is 12.8. The monoisotopic (exact) mass is 468 g/mol. The second kappa shape index (κ2) is 7.18. The van der Waals surface area contributed by atoms with Gasteiger partial charge in [-0.25, -0.2) is 4.98 Å². The lowest BCUT2D eigenvalue weighted by Gasteiger charge is -2.49. The van der Waals surface area contributed by atoms with E-state index < -0.39 is 16.3 Å². The van der Waals surface area contributed by atoms with Crippen molar-refractivity contribution in [2.24, 2.45) is 5.41 Å². The first-order valence-corrected chi connectivity index (χ1v) is 12.9. The summed E-state index contributed by atoms with van der Waals surface area (Å²) in [7, 11) is -1.17. The van der Waals surface area contributed by atoms with Crippen LogP contribution in [-0.4, -0.2) is 45.3 Å². The van der Waals surface area contributed by atoms with Gasteiger partial charge in [-0.2, -0.15) is 5.26 Å². The molecule has 0 radical (unpaired) electrons. The average molecular weight is 469 g/mol. The topological polar surface area (TPSA) is 89.2 Å². The highest BCUT2D eigenvalue weighted by molar-refractivity contribution is 7.85. The van der Waals surface area contributed by atoms with E-state index in [0.29, 0.717) is 34.1 Å². The number of nitrogens with zero attached hydrogens (tertiary/aromatic N) is 3. The average Bonchev–Trinajstić information content (AvgIpc) is 3.29. The van der Waals surface area contributed by atoms with E-state index in [9.17, 15) is 14.6 Å². The molecule has 2 aliphatic carbocycles. The number of aliphatic hydroxyl groups is 1. The van der Waals surface area contributed by atoms with Gasteiger partial charge in [-0.15, -0.1) is 0 Å². The molecule has 4 aliphatic rings. The molecular formula is C24H25ClN4O2S. The molecule has 2 aliphatic heterocycles. The van der Waals surface area contributed by atoms with E-state index in [2.05, 4.69) is 28.4 Å². The number of hydrogen-bond acceptors (Lipinski definition) is 6. The minimum Gasteiger partial charge on any atom is -0.394 e. The Morgan fingerprint density at radius 1 is 1.28 bits per heavy atom. The molecular weight excluding hydrogens is 444 g/mol. The lowest BCUT2D eigenvalue weighted by molar-refractivity contribution is 0.144. The SMILES string of the molecule is N#Cc1c(N2CC3(Cc4ccc(Cl)cc4C3)C2)nc2c(c1NC1(CO)CCC1)[S@@](=O)CC2. The Labute approximate surface area is 195 Å². The van der Waals surface area contributed by atoms with E-state index in [1.54, 1.807) is 0 Å². The van der Waals surface area contributed by atoms with E-state index in [1.165, 1.54) is 11.1 Å². The standard InChI is InChI=1S/C24H25ClN4O2S/c25-17-3-2-15-9-23(10-16(15)8-17)12-29(13-23)22-18(11-26)20(28-24(14-30)5-1-6-24)21-19(27-22)4-7-32(21)31/h2-3,8,30H,1,4-7,9-10,12-14H2,(H,27,28)/t32-/m0/s1. The minimum atomic E-state index is -1.17. The molecule has 32 heavy (non-hydrogen) atoms. The smallest absolute Gasteiger partial charge is 0.149 e. The van der Waals surface area contributed by atoms with Crippen molar-refractivity contribution >= 4 is 33.9 Å². The summed E-state index contributed by atoms with van der Waals surface area (Å²) >= 11 is 6.20. The Hall–Kier alpha value is -2.14. The number of benzene rings is 1. The number of fused-ring (bicyclic) bond motifs is 2. The molecule has 1 aromatic heterocycles. The predicted molar refractivity (Wildman–Crippen MR) is 125 cm³/mol. The van der Waals surface area contributed by atoms with Gasteiger partial charge in [0.25, 0.3) is 0 Å². The van der Waals surface area contributed by atoms with Crippen LogP contribution in [0.1, 0.15) is 41.6 Å². The zero-order valence-corrected chi connectivity index (χ0v) is 19.4. The fourth-order valence-corrected chi connectivity index (χ4v) is 7.46. The summed E-state index contributed by atoms with van der Waals surface area (Å²) in [6.07, 6.45) is 5.41. The largest absolute Gasteiger partial charge is 0.394 e. The number of rotatable bonds is 4. The van der Waals surface area contributed by atoms with Crippen LogP contribution in [-0.2, 0) is 30.1 Å². The van der Waals surface area contributed by atoms with Crippen LogP contribution in [0.15, 0.2) is 23.1 Å². The summed E-state index contributed by atoms with van der Waals surface area (Å²) in [6.45, 7) is 1.69. The molecule has 2 N–H and O–H groups in total. The van der Waals surface area contributed by atoms with Crippen molar-refractivity contribution in [1.82, 2.24) is 4.98 Å². The van der Waals surface area contributed by atoms with Gasteiger partial charge in [-0.3, -0.25) is 4.21 Å². The van der Waals surface area contributed by atoms with Gasteiger partial charge in [0.1, 0.15) is 17.5 Å². The second-order valence-corrected chi connectivity index (χ2v) is 11.9. The summed E-state index contributed by atoms with van der Waals surface area (Å²) in [5.74, 6) is 1.23. The van der Waals surface area contributed by atoms with Crippen LogP contribution in [0.2, 0.25) is 5.02 Å². The van der Waals surface area contributed by atoms with Crippen molar-refractivity contribution in [1.29, 1.82) is 5.26 Å². The summed E-state index contributed by atoms with van der Waals surface area (Å²) in [4.78, 5) is 7.73. The molecule has 8 heteroatoms. The number of halogens is 1. The van der Waals surface area contributed by atoms with Crippen LogP contribution in [0.3, 0.4) is 0 Å². The zero-order chi connectivity index (χ0) is 22.1. The van der Waals surface area contributed by atoms with Gasteiger partial charge in [-0.1, -0.05) is 17.7 Å². The van der Waals surface area contributed by atoms with E-state index in [-0.39, 0.29) is 12.0 Å². The first-order valence-electron chi connectivity index (χ1n) is 11.2.